The molecule has 1 aromatic carbocycles. The number of aromatic amines is 1. The van der Waals surface area contributed by atoms with Crippen LogP contribution in [0.1, 0.15) is 26.3 Å². The lowest BCUT2D eigenvalue weighted by Gasteiger charge is -2.23. The number of aromatic nitrogens is 4. The minimum absolute atomic E-state index is 0.0146. The third kappa shape index (κ3) is 6.04. The maximum absolute atomic E-state index is 12.5. The fraction of sp³-hybridized carbons (Fsp3) is 0.438. The molecule has 3 N–H and O–H groups in total. The van der Waals surface area contributed by atoms with E-state index in [1.54, 1.807) is 40.0 Å². The minimum atomic E-state index is -0.892. The number of anilines is 1. The quantitative estimate of drug-likeness (QED) is 0.705. The van der Waals surface area contributed by atoms with Gasteiger partial charge >= 0.3 is 6.09 Å². The topological polar surface area (TPSA) is 131 Å². The number of rotatable bonds is 6. The standard InChI is InChI=1S/C16H22N6O4/c1-16(2,3)26-15(24)17-12(13(23)18-14-19-21-22-20-14)9-10-5-7-11(25-4)8-6-10/h5-8,12H,9H2,1-4H3,(H,17,24)(H2,18,19,20,21,22,23). The molecule has 1 heterocycles. The van der Waals surface area contributed by atoms with Crippen molar-refractivity contribution in [3.05, 3.63) is 29.8 Å². The summed E-state index contributed by atoms with van der Waals surface area (Å²) in [6, 6.07) is 6.28. The highest BCUT2D eigenvalue weighted by molar-refractivity contribution is 5.95. The first-order valence-corrected chi connectivity index (χ1v) is 7.93. The van der Waals surface area contributed by atoms with Gasteiger partial charge in [-0.15, -0.1) is 5.10 Å². The van der Waals surface area contributed by atoms with Gasteiger partial charge in [-0.25, -0.2) is 4.79 Å². The largest absolute Gasteiger partial charge is 0.497 e. The Morgan fingerprint density at radius 1 is 1.23 bits per heavy atom. The summed E-state index contributed by atoms with van der Waals surface area (Å²) in [6.45, 7) is 5.22. The second-order valence-corrected chi connectivity index (χ2v) is 6.48. The summed E-state index contributed by atoms with van der Waals surface area (Å²) in [5.74, 6) is 0.218. The number of nitrogens with one attached hydrogen (secondary N) is 3. The number of ether oxygens (including phenoxy) is 2. The van der Waals surface area contributed by atoms with E-state index in [9.17, 15) is 9.59 Å². The van der Waals surface area contributed by atoms with Crippen LogP contribution in [0.3, 0.4) is 0 Å². The van der Waals surface area contributed by atoms with E-state index in [0.717, 1.165) is 5.56 Å². The van der Waals surface area contributed by atoms with Crippen molar-refractivity contribution in [3.8, 4) is 5.75 Å². The molecule has 2 amide bonds. The first kappa shape index (κ1) is 19.2. The minimum Gasteiger partial charge on any atom is -0.497 e. The van der Waals surface area contributed by atoms with Crippen molar-refractivity contribution in [2.45, 2.75) is 38.8 Å². The van der Waals surface area contributed by atoms with Gasteiger partial charge in [-0.1, -0.05) is 17.2 Å². The van der Waals surface area contributed by atoms with Gasteiger partial charge in [0.15, 0.2) is 0 Å². The molecule has 0 radical (unpaired) electrons. The average Bonchev–Trinajstić information content (AvgIpc) is 3.06. The van der Waals surface area contributed by atoms with Gasteiger partial charge in [-0.3, -0.25) is 10.1 Å². The first-order chi connectivity index (χ1) is 12.3. The van der Waals surface area contributed by atoms with Gasteiger partial charge in [0.2, 0.25) is 5.91 Å². The number of tetrazole rings is 1. The van der Waals surface area contributed by atoms with E-state index in [1.165, 1.54) is 0 Å². The summed E-state index contributed by atoms with van der Waals surface area (Å²) in [7, 11) is 1.57. The summed E-state index contributed by atoms with van der Waals surface area (Å²) in [4.78, 5) is 24.6. The monoisotopic (exact) mass is 362 g/mol. The van der Waals surface area contributed by atoms with E-state index in [-0.39, 0.29) is 12.4 Å². The second-order valence-electron chi connectivity index (χ2n) is 6.48. The molecule has 0 aliphatic heterocycles. The Bertz CT molecular complexity index is 724. The lowest BCUT2D eigenvalue weighted by atomic mass is 10.1. The van der Waals surface area contributed by atoms with Gasteiger partial charge in [0, 0.05) is 6.42 Å². The van der Waals surface area contributed by atoms with Gasteiger partial charge in [0.25, 0.3) is 5.95 Å². The van der Waals surface area contributed by atoms with Crippen LogP contribution in [-0.4, -0.2) is 51.4 Å². The highest BCUT2D eigenvalue weighted by Crippen LogP contribution is 2.14. The van der Waals surface area contributed by atoms with Crippen molar-refractivity contribution in [3.63, 3.8) is 0 Å². The van der Waals surface area contributed by atoms with Crippen LogP contribution in [-0.2, 0) is 16.0 Å². The number of carbonyl (C=O) groups is 2. The zero-order valence-electron chi connectivity index (χ0n) is 15.1. The molecule has 140 valence electrons. The Balaban J connectivity index is 2.10. The Hall–Kier alpha value is -3.17. The van der Waals surface area contributed by atoms with E-state index in [4.69, 9.17) is 9.47 Å². The highest BCUT2D eigenvalue weighted by Gasteiger charge is 2.25. The average molecular weight is 362 g/mol. The molecule has 0 saturated carbocycles. The predicted molar refractivity (Wildman–Crippen MR) is 92.7 cm³/mol. The Morgan fingerprint density at radius 3 is 2.46 bits per heavy atom. The molecule has 10 nitrogen and oxygen atoms in total. The fourth-order valence-electron chi connectivity index (χ4n) is 2.07. The van der Waals surface area contributed by atoms with Crippen LogP contribution in [0, 0.1) is 0 Å². The Labute approximate surface area is 150 Å². The lowest BCUT2D eigenvalue weighted by Crippen LogP contribution is -2.47. The van der Waals surface area contributed by atoms with E-state index in [2.05, 4.69) is 31.3 Å². The number of methoxy groups -OCH3 is 1. The van der Waals surface area contributed by atoms with Crippen molar-refractivity contribution in [2.24, 2.45) is 0 Å². The molecular weight excluding hydrogens is 340 g/mol. The van der Waals surface area contributed by atoms with Crippen molar-refractivity contribution < 1.29 is 19.1 Å². The van der Waals surface area contributed by atoms with E-state index in [1.807, 2.05) is 12.1 Å². The van der Waals surface area contributed by atoms with E-state index in [0.29, 0.717) is 5.75 Å². The van der Waals surface area contributed by atoms with Crippen molar-refractivity contribution >= 4 is 17.9 Å². The summed E-state index contributed by atoms with van der Waals surface area (Å²) in [5, 5.41) is 18.0. The summed E-state index contributed by atoms with van der Waals surface area (Å²) < 4.78 is 10.3. The number of hydrogen-bond donors (Lipinski definition) is 3. The maximum Gasteiger partial charge on any atom is 0.408 e. The van der Waals surface area contributed by atoms with Crippen LogP contribution in [0.4, 0.5) is 10.7 Å². The Morgan fingerprint density at radius 2 is 1.92 bits per heavy atom. The van der Waals surface area contributed by atoms with Gasteiger partial charge in [0.1, 0.15) is 17.4 Å². The molecule has 0 bridgehead atoms. The van der Waals surface area contributed by atoms with Crippen molar-refractivity contribution in [2.75, 3.05) is 12.4 Å². The second kappa shape index (κ2) is 8.28. The number of alkyl carbamates (subject to hydrolysis) is 1. The van der Waals surface area contributed by atoms with Crippen LogP contribution >= 0.6 is 0 Å². The highest BCUT2D eigenvalue weighted by atomic mass is 16.6. The van der Waals surface area contributed by atoms with Crippen LogP contribution in [0.25, 0.3) is 0 Å². The molecule has 1 atom stereocenters. The molecule has 0 fully saturated rings. The van der Waals surface area contributed by atoms with Gasteiger partial charge < -0.3 is 14.8 Å². The molecule has 26 heavy (non-hydrogen) atoms. The zero-order valence-corrected chi connectivity index (χ0v) is 15.1. The smallest absolute Gasteiger partial charge is 0.408 e. The molecule has 0 aliphatic carbocycles. The summed E-state index contributed by atoms with van der Waals surface area (Å²) in [6.07, 6.45) is -0.452. The van der Waals surface area contributed by atoms with Crippen LogP contribution in [0.15, 0.2) is 24.3 Å². The van der Waals surface area contributed by atoms with Crippen molar-refractivity contribution in [1.29, 1.82) is 0 Å². The third-order valence-electron chi connectivity index (χ3n) is 3.19. The van der Waals surface area contributed by atoms with Gasteiger partial charge in [-0.05, 0) is 43.7 Å². The summed E-state index contributed by atoms with van der Waals surface area (Å²) in [5.41, 5.74) is 0.147. The number of hydrogen-bond acceptors (Lipinski definition) is 7. The van der Waals surface area contributed by atoms with Gasteiger partial charge in [0.05, 0.1) is 7.11 Å². The molecule has 0 spiro atoms. The number of benzene rings is 1. The summed E-state index contributed by atoms with van der Waals surface area (Å²) >= 11 is 0. The van der Waals surface area contributed by atoms with E-state index < -0.39 is 23.6 Å². The molecule has 0 saturated heterocycles. The number of nitrogens with zero attached hydrogens (tertiary/aromatic N) is 3. The van der Waals surface area contributed by atoms with Gasteiger partial charge in [-0.2, -0.15) is 5.21 Å². The molecule has 0 aliphatic rings. The molecule has 10 heteroatoms. The number of amides is 2. The SMILES string of the molecule is COc1ccc(CC(NC(=O)OC(C)(C)C)C(=O)Nc2nn[nH]n2)cc1. The first-order valence-electron chi connectivity index (χ1n) is 7.93. The lowest BCUT2D eigenvalue weighted by molar-refractivity contribution is -0.118. The van der Waals surface area contributed by atoms with Crippen LogP contribution < -0.4 is 15.4 Å². The normalized spacial score (nSPS) is 12.2. The Kier molecular flexibility index (Phi) is 6.10. The van der Waals surface area contributed by atoms with E-state index >= 15 is 0 Å². The molecule has 2 aromatic rings. The molecule has 2 rings (SSSR count). The third-order valence-corrected chi connectivity index (χ3v) is 3.19. The zero-order chi connectivity index (χ0) is 19.2. The van der Waals surface area contributed by atoms with Crippen molar-refractivity contribution in [1.82, 2.24) is 25.9 Å². The van der Waals surface area contributed by atoms with Crippen LogP contribution in [0.2, 0.25) is 0 Å². The molecule has 1 unspecified atom stereocenters. The fourth-order valence-corrected chi connectivity index (χ4v) is 2.07. The van der Waals surface area contributed by atoms with Crippen LogP contribution in [0.5, 0.6) is 5.75 Å². The molecule has 1 aromatic heterocycles. The maximum atomic E-state index is 12.5. The molecular formula is C16H22N6O4. The number of H-pyrrole nitrogens is 1. The number of carbonyl (C=O) groups excluding carboxylic acids is 2. The predicted octanol–water partition coefficient (Wildman–Crippen LogP) is 1.28.